The monoisotopic (exact) mass is 311 g/mol. The van der Waals surface area contributed by atoms with E-state index in [9.17, 15) is 13.2 Å². The molecule has 1 amide bonds. The number of hydrogen-bond donors (Lipinski definition) is 1. The minimum absolute atomic E-state index is 0.151. The molecule has 1 aromatic rings. The van der Waals surface area contributed by atoms with Crippen molar-refractivity contribution in [3.8, 4) is 0 Å². The summed E-state index contributed by atoms with van der Waals surface area (Å²) in [5, 5.41) is 2.91. The number of aromatic nitrogens is 1. The molecule has 1 atom stereocenters. The number of amides is 1. The van der Waals surface area contributed by atoms with E-state index in [0.29, 0.717) is 24.3 Å². The highest BCUT2D eigenvalue weighted by Crippen LogP contribution is 2.14. The molecule has 21 heavy (non-hydrogen) atoms. The van der Waals surface area contributed by atoms with Gasteiger partial charge in [-0.3, -0.25) is 9.78 Å². The minimum Gasteiger partial charge on any atom is -0.348 e. The summed E-state index contributed by atoms with van der Waals surface area (Å²) in [6.07, 6.45) is 2.74. The van der Waals surface area contributed by atoms with Crippen molar-refractivity contribution in [2.24, 2.45) is 0 Å². The molecule has 7 heteroatoms. The maximum absolute atomic E-state index is 12.3. The van der Waals surface area contributed by atoms with E-state index < -0.39 is 10.0 Å². The Labute approximate surface area is 125 Å². The molecule has 0 bridgehead atoms. The van der Waals surface area contributed by atoms with Gasteiger partial charge < -0.3 is 5.32 Å². The summed E-state index contributed by atoms with van der Waals surface area (Å²) < 4.78 is 24.6. The molecule has 6 nitrogen and oxygen atoms in total. The zero-order valence-corrected chi connectivity index (χ0v) is 13.4. The van der Waals surface area contributed by atoms with Crippen molar-refractivity contribution in [2.45, 2.75) is 32.7 Å². The molecule has 0 radical (unpaired) electrons. The van der Waals surface area contributed by atoms with Crippen LogP contribution >= 0.6 is 0 Å². The molecule has 2 rings (SSSR count). The van der Waals surface area contributed by atoms with Crippen LogP contribution in [0.3, 0.4) is 0 Å². The lowest BCUT2D eigenvalue weighted by molar-refractivity contribution is 0.0920. The first-order valence-electron chi connectivity index (χ1n) is 6.97. The summed E-state index contributed by atoms with van der Waals surface area (Å²) in [5.41, 5.74) is 2.09. The Hall–Kier alpha value is -1.47. The summed E-state index contributed by atoms with van der Waals surface area (Å²) in [6, 6.07) is 3.40. The topological polar surface area (TPSA) is 79.4 Å². The van der Waals surface area contributed by atoms with Crippen LogP contribution < -0.4 is 5.32 Å². The standard InChI is InChI=1S/C14H21N3O3S/c1-10-6-7-13(11(2)15-10)14(18)16-12-5-4-8-17(9-12)21(3,19)20/h6-7,12H,4-5,8-9H2,1-3H3,(H,16,18). The normalized spacial score (nSPS) is 20.2. The van der Waals surface area contributed by atoms with E-state index in [1.165, 1.54) is 10.6 Å². The Morgan fingerprint density at radius 3 is 2.71 bits per heavy atom. The number of carbonyl (C=O) groups is 1. The van der Waals surface area contributed by atoms with Crippen molar-refractivity contribution in [3.63, 3.8) is 0 Å². The van der Waals surface area contributed by atoms with Crippen LogP contribution in [0.25, 0.3) is 0 Å². The van der Waals surface area contributed by atoms with Crippen molar-refractivity contribution in [2.75, 3.05) is 19.3 Å². The highest BCUT2D eigenvalue weighted by molar-refractivity contribution is 7.88. The van der Waals surface area contributed by atoms with Crippen LogP contribution in [-0.4, -0.2) is 49.0 Å². The average molecular weight is 311 g/mol. The van der Waals surface area contributed by atoms with E-state index in [2.05, 4.69) is 10.3 Å². The fourth-order valence-corrected chi connectivity index (χ4v) is 3.46. The quantitative estimate of drug-likeness (QED) is 0.897. The van der Waals surface area contributed by atoms with E-state index in [4.69, 9.17) is 0 Å². The zero-order valence-electron chi connectivity index (χ0n) is 12.6. The number of pyridine rings is 1. The third kappa shape index (κ3) is 4.01. The Balaban J connectivity index is 2.05. The number of piperidine rings is 1. The Bertz CT molecular complexity index is 643. The average Bonchev–Trinajstić information content (AvgIpc) is 2.37. The first-order valence-corrected chi connectivity index (χ1v) is 8.82. The predicted octanol–water partition coefficient (Wildman–Crippen LogP) is 0.852. The number of hydrogen-bond acceptors (Lipinski definition) is 4. The van der Waals surface area contributed by atoms with Gasteiger partial charge in [0, 0.05) is 24.8 Å². The second-order valence-corrected chi connectivity index (χ2v) is 7.50. The maximum Gasteiger partial charge on any atom is 0.253 e. The third-order valence-electron chi connectivity index (χ3n) is 3.66. The van der Waals surface area contributed by atoms with Crippen molar-refractivity contribution in [1.82, 2.24) is 14.6 Å². The lowest BCUT2D eigenvalue weighted by Crippen LogP contribution is -2.49. The van der Waals surface area contributed by atoms with E-state index in [-0.39, 0.29) is 11.9 Å². The molecule has 0 saturated carbocycles. The molecule has 1 aliphatic rings. The molecule has 1 N–H and O–H groups in total. The van der Waals surface area contributed by atoms with Gasteiger partial charge >= 0.3 is 0 Å². The number of rotatable bonds is 3. The summed E-state index contributed by atoms with van der Waals surface area (Å²) in [7, 11) is -3.20. The van der Waals surface area contributed by atoms with Crippen LogP contribution in [0.4, 0.5) is 0 Å². The molecule has 1 aliphatic heterocycles. The highest BCUT2D eigenvalue weighted by Gasteiger charge is 2.27. The first-order chi connectivity index (χ1) is 9.77. The van der Waals surface area contributed by atoms with Gasteiger partial charge in [0.1, 0.15) is 0 Å². The molecule has 0 spiro atoms. The Kier molecular flexibility index (Phi) is 4.63. The van der Waals surface area contributed by atoms with E-state index in [0.717, 1.165) is 18.5 Å². The lowest BCUT2D eigenvalue weighted by atomic mass is 10.1. The Morgan fingerprint density at radius 2 is 2.10 bits per heavy atom. The van der Waals surface area contributed by atoms with Crippen LogP contribution in [0.1, 0.15) is 34.6 Å². The van der Waals surface area contributed by atoms with Crippen LogP contribution in [0, 0.1) is 13.8 Å². The predicted molar refractivity (Wildman–Crippen MR) is 80.6 cm³/mol. The van der Waals surface area contributed by atoms with Gasteiger partial charge in [-0.1, -0.05) is 0 Å². The number of sulfonamides is 1. The summed E-state index contributed by atoms with van der Waals surface area (Å²) in [4.78, 5) is 16.6. The smallest absolute Gasteiger partial charge is 0.253 e. The van der Waals surface area contributed by atoms with Crippen molar-refractivity contribution >= 4 is 15.9 Å². The maximum atomic E-state index is 12.3. The molecule has 1 saturated heterocycles. The van der Waals surface area contributed by atoms with Crippen molar-refractivity contribution in [1.29, 1.82) is 0 Å². The van der Waals surface area contributed by atoms with Crippen LogP contribution in [0.2, 0.25) is 0 Å². The van der Waals surface area contributed by atoms with E-state index in [1.54, 1.807) is 19.1 Å². The van der Waals surface area contributed by atoms with Gasteiger partial charge in [0.05, 0.1) is 17.5 Å². The summed E-state index contributed by atoms with van der Waals surface area (Å²) in [6.45, 7) is 4.53. The number of nitrogens with one attached hydrogen (secondary N) is 1. The van der Waals surface area contributed by atoms with E-state index in [1.807, 2.05) is 6.92 Å². The van der Waals surface area contributed by atoms with Gasteiger partial charge in [0.25, 0.3) is 5.91 Å². The highest BCUT2D eigenvalue weighted by atomic mass is 32.2. The van der Waals surface area contributed by atoms with Gasteiger partial charge in [-0.25, -0.2) is 12.7 Å². The molecule has 0 aliphatic carbocycles. The summed E-state index contributed by atoms with van der Waals surface area (Å²) >= 11 is 0. The van der Waals surface area contributed by atoms with Gasteiger partial charge in [0.15, 0.2) is 0 Å². The van der Waals surface area contributed by atoms with E-state index >= 15 is 0 Å². The second kappa shape index (κ2) is 6.11. The first kappa shape index (κ1) is 15.9. The second-order valence-electron chi connectivity index (χ2n) is 5.52. The van der Waals surface area contributed by atoms with Crippen LogP contribution in [0.15, 0.2) is 12.1 Å². The summed E-state index contributed by atoms with van der Waals surface area (Å²) in [5.74, 6) is -0.194. The number of nitrogens with zero attached hydrogens (tertiary/aromatic N) is 2. The van der Waals surface area contributed by atoms with Crippen molar-refractivity contribution in [3.05, 3.63) is 29.1 Å². The largest absolute Gasteiger partial charge is 0.348 e. The van der Waals surface area contributed by atoms with Crippen LogP contribution in [0.5, 0.6) is 0 Å². The molecule has 1 aromatic heterocycles. The molecular weight excluding hydrogens is 290 g/mol. The van der Waals surface area contributed by atoms with Gasteiger partial charge in [0.2, 0.25) is 10.0 Å². The number of carbonyl (C=O) groups excluding carboxylic acids is 1. The minimum atomic E-state index is -3.20. The van der Waals surface area contributed by atoms with Gasteiger partial charge in [-0.05, 0) is 38.8 Å². The Morgan fingerprint density at radius 1 is 1.38 bits per heavy atom. The fraction of sp³-hybridized carbons (Fsp3) is 0.571. The SMILES string of the molecule is Cc1ccc(C(=O)NC2CCCN(S(C)(=O)=O)C2)c(C)n1. The molecule has 116 valence electrons. The van der Waals surface area contributed by atoms with Crippen molar-refractivity contribution < 1.29 is 13.2 Å². The zero-order chi connectivity index (χ0) is 15.6. The number of aryl methyl sites for hydroxylation is 2. The van der Waals surface area contributed by atoms with Crippen LogP contribution in [-0.2, 0) is 10.0 Å². The molecular formula is C14H21N3O3S. The lowest BCUT2D eigenvalue weighted by Gasteiger charge is -2.31. The molecule has 1 fully saturated rings. The van der Waals surface area contributed by atoms with Gasteiger partial charge in [-0.15, -0.1) is 0 Å². The molecule has 0 aromatic carbocycles. The molecule has 1 unspecified atom stereocenters. The third-order valence-corrected chi connectivity index (χ3v) is 4.93. The fourth-order valence-electron chi connectivity index (χ4n) is 2.55. The molecule has 2 heterocycles. The van der Waals surface area contributed by atoms with Gasteiger partial charge in [-0.2, -0.15) is 0 Å².